The van der Waals surface area contributed by atoms with E-state index in [9.17, 15) is 14.4 Å². The number of benzene rings is 1. The zero-order valence-corrected chi connectivity index (χ0v) is 15.9. The largest absolute Gasteiger partial charge is 0.477 e. The van der Waals surface area contributed by atoms with Gasteiger partial charge in [0.15, 0.2) is 6.61 Å². The number of rotatable bonds is 5. The minimum atomic E-state index is -1.14. The molecule has 3 rings (SSSR count). The minimum absolute atomic E-state index is 0.133. The quantitative estimate of drug-likeness (QED) is 0.796. The fraction of sp³-hybridized carbons (Fsp3) is 0.300. The first-order chi connectivity index (χ1) is 13.4. The molecule has 8 heteroatoms. The minimum Gasteiger partial charge on any atom is -0.477 e. The summed E-state index contributed by atoms with van der Waals surface area (Å²) in [5, 5.41) is 2.78. The van der Waals surface area contributed by atoms with Crippen molar-refractivity contribution in [2.75, 3.05) is 23.4 Å². The number of aromatic nitrogens is 1. The van der Waals surface area contributed by atoms with Crippen LogP contribution in [-0.2, 0) is 14.3 Å². The Morgan fingerprint density at radius 2 is 1.93 bits per heavy atom. The SMILES string of the molecule is CCOc1ncccc1C(=O)OCC(=O)N1c2ccccc2NC(=O)C1(C)C. The Balaban J connectivity index is 1.79. The smallest absolute Gasteiger partial charge is 0.344 e. The summed E-state index contributed by atoms with van der Waals surface area (Å²) in [6.07, 6.45) is 1.50. The van der Waals surface area contributed by atoms with E-state index in [-0.39, 0.29) is 17.4 Å². The number of hydrogen-bond acceptors (Lipinski definition) is 6. The maximum absolute atomic E-state index is 12.9. The van der Waals surface area contributed by atoms with Gasteiger partial charge in [-0.1, -0.05) is 12.1 Å². The number of carbonyl (C=O) groups excluding carboxylic acids is 3. The van der Waals surface area contributed by atoms with Gasteiger partial charge >= 0.3 is 5.97 Å². The summed E-state index contributed by atoms with van der Waals surface area (Å²) in [5.41, 5.74) is 0.0675. The predicted molar refractivity (Wildman–Crippen MR) is 102 cm³/mol. The topological polar surface area (TPSA) is 97.8 Å². The van der Waals surface area contributed by atoms with Crippen LogP contribution >= 0.6 is 0 Å². The molecule has 1 N–H and O–H groups in total. The van der Waals surface area contributed by atoms with E-state index in [1.165, 1.54) is 17.2 Å². The summed E-state index contributed by atoms with van der Waals surface area (Å²) in [6, 6.07) is 10.1. The van der Waals surface area contributed by atoms with Gasteiger partial charge in [-0.05, 0) is 45.0 Å². The van der Waals surface area contributed by atoms with Gasteiger partial charge in [-0.2, -0.15) is 0 Å². The van der Waals surface area contributed by atoms with E-state index in [4.69, 9.17) is 9.47 Å². The Morgan fingerprint density at radius 3 is 2.68 bits per heavy atom. The maximum Gasteiger partial charge on any atom is 0.344 e. The fourth-order valence-electron chi connectivity index (χ4n) is 2.97. The number of hydrogen-bond donors (Lipinski definition) is 1. The van der Waals surface area contributed by atoms with Crippen LogP contribution in [0.15, 0.2) is 42.6 Å². The number of nitrogens with one attached hydrogen (secondary N) is 1. The number of esters is 1. The van der Waals surface area contributed by atoms with Crippen LogP contribution in [0.5, 0.6) is 5.88 Å². The summed E-state index contributed by atoms with van der Waals surface area (Å²) in [6.45, 7) is 4.85. The summed E-state index contributed by atoms with van der Waals surface area (Å²) in [7, 11) is 0. The highest BCUT2D eigenvalue weighted by molar-refractivity contribution is 6.14. The van der Waals surface area contributed by atoms with Crippen LogP contribution in [0.4, 0.5) is 11.4 Å². The number of nitrogens with zero attached hydrogens (tertiary/aromatic N) is 2. The lowest BCUT2D eigenvalue weighted by molar-refractivity contribution is -0.128. The fourth-order valence-corrected chi connectivity index (χ4v) is 2.97. The molecule has 0 aliphatic carbocycles. The highest BCUT2D eigenvalue weighted by Crippen LogP contribution is 2.36. The second-order valence-electron chi connectivity index (χ2n) is 6.62. The molecule has 1 aliphatic heterocycles. The standard InChI is InChI=1S/C20H21N3O5/c1-4-27-17-13(8-7-11-21-17)18(25)28-12-16(24)23-15-10-6-5-9-14(15)22-19(26)20(23,2)3/h5-11H,4,12H2,1-3H3,(H,22,26). The van der Waals surface area contributed by atoms with E-state index < -0.39 is 24.0 Å². The lowest BCUT2D eigenvalue weighted by Gasteiger charge is -2.41. The summed E-state index contributed by atoms with van der Waals surface area (Å²) >= 11 is 0. The summed E-state index contributed by atoms with van der Waals surface area (Å²) < 4.78 is 10.5. The monoisotopic (exact) mass is 383 g/mol. The van der Waals surface area contributed by atoms with Gasteiger partial charge < -0.3 is 14.8 Å². The van der Waals surface area contributed by atoms with Crippen molar-refractivity contribution in [2.45, 2.75) is 26.3 Å². The molecule has 0 fully saturated rings. The molecule has 0 radical (unpaired) electrons. The van der Waals surface area contributed by atoms with E-state index >= 15 is 0 Å². The average Bonchev–Trinajstić information content (AvgIpc) is 2.67. The highest BCUT2D eigenvalue weighted by atomic mass is 16.5. The number of pyridine rings is 1. The van der Waals surface area contributed by atoms with E-state index in [0.717, 1.165) is 0 Å². The third-order valence-corrected chi connectivity index (χ3v) is 4.36. The Kier molecular flexibility index (Phi) is 5.30. The van der Waals surface area contributed by atoms with Crippen molar-refractivity contribution >= 4 is 29.2 Å². The van der Waals surface area contributed by atoms with E-state index in [1.54, 1.807) is 51.1 Å². The normalized spacial score (nSPS) is 14.7. The van der Waals surface area contributed by atoms with Crippen LogP contribution < -0.4 is 15.0 Å². The van der Waals surface area contributed by atoms with Gasteiger partial charge in [-0.25, -0.2) is 9.78 Å². The molecular formula is C20H21N3O5. The van der Waals surface area contributed by atoms with Crippen LogP contribution in [0.1, 0.15) is 31.1 Å². The average molecular weight is 383 g/mol. The van der Waals surface area contributed by atoms with Gasteiger partial charge in [-0.15, -0.1) is 0 Å². The first kappa shape index (κ1) is 19.3. The van der Waals surface area contributed by atoms with Crippen LogP contribution in [0.25, 0.3) is 0 Å². The van der Waals surface area contributed by atoms with Gasteiger partial charge in [-0.3, -0.25) is 14.5 Å². The van der Waals surface area contributed by atoms with Crippen molar-refractivity contribution in [1.82, 2.24) is 4.98 Å². The Morgan fingerprint density at radius 1 is 1.18 bits per heavy atom. The highest BCUT2D eigenvalue weighted by Gasteiger charge is 2.43. The predicted octanol–water partition coefficient (Wildman–Crippen LogP) is 2.40. The van der Waals surface area contributed by atoms with E-state index in [1.807, 2.05) is 0 Å². The number of carbonyl (C=O) groups is 3. The lowest BCUT2D eigenvalue weighted by atomic mass is 9.96. The summed E-state index contributed by atoms with van der Waals surface area (Å²) in [5.74, 6) is -1.41. The zero-order valence-electron chi connectivity index (χ0n) is 15.9. The third kappa shape index (κ3) is 3.53. The molecule has 1 aromatic carbocycles. The molecule has 0 saturated heterocycles. The van der Waals surface area contributed by atoms with Gasteiger partial charge in [0.1, 0.15) is 11.1 Å². The first-order valence-corrected chi connectivity index (χ1v) is 8.84. The first-order valence-electron chi connectivity index (χ1n) is 8.84. The van der Waals surface area contributed by atoms with E-state index in [2.05, 4.69) is 10.3 Å². The molecule has 0 atom stereocenters. The zero-order chi connectivity index (χ0) is 20.3. The molecule has 1 aliphatic rings. The Bertz CT molecular complexity index is 926. The summed E-state index contributed by atoms with van der Waals surface area (Å²) in [4.78, 5) is 43.1. The number of fused-ring (bicyclic) bond motifs is 1. The number of amides is 2. The van der Waals surface area contributed by atoms with Gasteiger partial charge in [0.25, 0.3) is 5.91 Å². The molecule has 2 heterocycles. The molecule has 0 spiro atoms. The van der Waals surface area contributed by atoms with Crippen molar-refractivity contribution in [1.29, 1.82) is 0 Å². The third-order valence-electron chi connectivity index (χ3n) is 4.36. The van der Waals surface area contributed by atoms with Gasteiger partial charge in [0.05, 0.1) is 18.0 Å². The lowest BCUT2D eigenvalue weighted by Crippen LogP contribution is -2.59. The molecular weight excluding hydrogens is 362 g/mol. The molecule has 8 nitrogen and oxygen atoms in total. The molecule has 1 aromatic heterocycles. The molecule has 146 valence electrons. The van der Waals surface area contributed by atoms with Crippen LogP contribution in [0.3, 0.4) is 0 Å². The van der Waals surface area contributed by atoms with E-state index in [0.29, 0.717) is 18.0 Å². The van der Waals surface area contributed by atoms with Crippen molar-refractivity contribution < 1.29 is 23.9 Å². The van der Waals surface area contributed by atoms with Crippen LogP contribution in [0.2, 0.25) is 0 Å². The molecule has 2 amide bonds. The van der Waals surface area contributed by atoms with Gasteiger partial charge in [0, 0.05) is 6.20 Å². The Labute approximate surface area is 162 Å². The van der Waals surface area contributed by atoms with Gasteiger partial charge in [0.2, 0.25) is 11.8 Å². The van der Waals surface area contributed by atoms with Crippen LogP contribution in [-0.4, -0.2) is 41.5 Å². The van der Waals surface area contributed by atoms with Crippen LogP contribution in [0, 0.1) is 0 Å². The number of anilines is 2. The Hall–Kier alpha value is -3.42. The second kappa shape index (κ2) is 7.67. The number of para-hydroxylation sites is 2. The molecule has 2 aromatic rings. The molecule has 0 unspecified atom stereocenters. The van der Waals surface area contributed by atoms with Crippen molar-refractivity contribution in [3.05, 3.63) is 48.2 Å². The van der Waals surface area contributed by atoms with Crippen molar-refractivity contribution in [3.8, 4) is 5.88 Å². The molecule has 28 heavy (non-hydrogen) atoms. The van der Waals surface area contributed by atoms with Crippen molar-refractivity contribution in [3.63, 3.8) is 0 Å². The second-order valence-corrected chi connectivity index (χ2v) is 6.62. The molecule has 0 bridgehead atoms. The number of ether oxygens (including phenoxy) is 2. The molecule has 0 saturated carbocycles. The van der Waals surface area contributed by atoms with Crippen molar-refractivity contribution in [2.24, 2.45) is 0 Å². The maximum atomic E-state index is 12.9.